The van der Waals surface area contributed by atoms with E-state index in [-0.39, 0.29) is 0 Å². The third-order valence-electron chi connectivity index (χ3n) is 2.32. The molecule has 0 unspecified atom stereocenters. The maximum atomic E-state index is 12.5. The Bertz CT molecular complexity index is 358. The number of hydrogen-bond acceptors (Lipinski definition) is 3. The van der Waals surface area contributed by atoms with E-state index in [1.165, 1.54) is 0 Å². The Morgan fingerprint density at radius 1 is 1.50 bits per heavy atom. The highest BCUT2D eigenvalue weighted by atomic mass is 19.4. The minimum Gasteiger partial charge on any atom is -0.443 e. The van der Waals surface area contributed by atoms with Gasteiger partial charge in [-0.1, -0.05) is 0 Å². The first-order chi connectivity index (χ1) is 8.04. The van der Waals surface area contributed by atoms with Crippen molar-refractivity contribution < 1.29 is 27.8 Å². The third kappa shape index (κ3) is 3.63. The van der Waals surface area contributed by atoms with Crippen LogP contribution < -0.4 is 0 Å². The fourth-order valence-corrected chi connectivity index (χ4v) is 1.54. The van der Waals surface area contributed by atoms with E-state index < -0.39 is 42.5 Å². The number of rotatable bonds is 1. The van der Waals surface area contributed by atoms with Crippen molar-refractivity contribution in [1.29, 1.82) is 0 Å². The Labute approximate surface area is 103 Å². The van der Waals surface area contributed by atoms with Gasteiger partial charge in [-0.15, -0.1) is 0 Å². The minimum absolute atomic E-state index is 0.417. The summed E-state index contributed by atoms with van der Waals surface area (Å²) in [4.78, 5) is 12.5. The van der Waals surface area contributed by atoms with Crippen molar-refractivity contribution >= 4 is 6.09 Å². The summed E-state index contributed by atoms with van der Waals surface area (Å²) in [7, 11) is 0. The van der Waals surface area contributed by atoms with Gasteiger partial charge in [0.05, 0.1) is 18.2 Å². The summed E-state index contributed by atoms with van der Waals surface area (Å²) in [6.07, 6.45) is -5.10. The summed E-state index contributed by atoms with van der Waals surface area (Å²) < 4.78 is 42.5. The number of alkyl halides is 3. The molecule has 1 atom stereocenters. The zero-order valence-corrected chi connectivity index (χ0v) is 10.4. The molecule has 0 aliphatic carbocycles. The molecule has 1 aliphatic heterocycles. The lowest BCUT2D eigenvalue weighted by Gasteiger charge is -2.26. The molecule has 0 spiro atoms. The minimum atomic E-state index is -4.50. The predicted octanol–water partition coefficient (Wildman–Crippen LogP) is 2.43. The lowest BCUT2D eigenvalue weighted by atomic mass is 10.1. The lowest BCUT2D eigenvalue weighted by Crippen LogP contribution is -2.39. The molecule has 0 aromatic rings. The maximum Gasteiger partial charge on any atom is 0.414 e. The Morgan fingerprint density at radius 3 is 2.44 bits per heavy atom. The summed E-state index contributed by atoms with van der Waals surface area (Å²) in [5.41, 5.74) is -1.64. The second-order valence-electron chi connectivity index (χ2n) is 5.08. The molecule has 18 heavy (non-hydrogen) atoms. The van der Waals surface area contributed by atoms with E-state index in [2.05, 4.69) is 0 Å². The quantitative estimate of drug-likeness (QED) is 0.793. The molecule has 1 aliphatic rings. The molecule has 0 aromatic carbocycles. The van der Waals surface area contributed by atoms with Crippen LogP contribution in [-0.4, -0.2) is 40.5 Å². The first-order valence-electron chi connectivity index (χ1n) is 5.44. The van der Waals surface area contributed by atoms with Crippen LogP contribution in [0.5, 0.6) is 0 Å². The zero-order valence-electron chi connectivity index (χ0n) is 10.4. The highest BCUT2D eigenvalue weighted by Gasteiger charge is 2.42. The lowest BCUT2D eigenvalue weighted by molar-refractivity contribution is -0.0935. The van der Waals surface area contributed by atoms with Gasteiger partial charge in [-0.25, -0.2) is 4.79 Å². The Morgan fingerprint density at radius 2 is 2.06 bits per heavy atom. The first-order valence-corrected chi connectivity index (χ1v) is 5.44. The monoisotopic (exact) mass is 267 g/mol. The third-order valence-corrected chi connectivity index (χ3v) is 2.32. The van der Waals surface area contributed by atoms with Crippen molar-refractivity contribution in [3.05, 3.63) is 11.8 Å². The van der Waals surface area contributed by atoms with Crippen LogP contribution in [0.2, 0.25) is 0 Å². The van der Waals surface area contributed by atoms with E-state index in [1.54, 1.807) is 20.8 Å². The molecular weight excluding hydrogens is 251 g/mol. The zero-order chi connectivity index (χ0) is 14.1. The highest BCUT2D eigenvalue weighted by molar-refractivity contribution is 5.71. The smallest absolute Gasteiger partial charge is 0.414 e. The van der Waals surface area contributed by atoms with Gasteiger partial charge in [0.15, 0.2) is 0 Å². The summed E-state index contributed by atoms with van der Waals surface area (Å²) >= 11 is 0. The molecule has 1 N–H and O–H groups in total. The molecule has 0 saturated carbocycles. The van der Waals surface area contributed by atoms with E-state index in [0.717, 1.165) is 4.90 Å². The maximum absolute atomic E-state index is 12.5. The predicted molar refractivity (Wildman–Crippen MR) is 57.7 cm³/mol. The van der Waals surface area contributed by atoms with Gasteiger partial charge in [-0.05, 0) is 20.8 Å². The number of aliphatic hydroxyl groups excluding tert-OH is 1. The molecule has 1 rings (SSSR count). The Balaban J connectivity index is 2.86. The van der Waals surface area contributed by atoms with Crippen molar-refractivity contribution in [3.63, 3.8) is 0 Å². The Kier molecular flexibility index (Phi) is 3.95. The van der Waals surface area contributed by atoms with E-state index in [0.29, 0.717) is 6.20 Å². The molecule has 1 heterocycles. The van der Waals surface area contributed by atoms with E-state index in [4.69, 9.17) is 9.84 Å². The van der Waals surface area contributed by atoms with Gasteiger partial charge in [-0.2, -0.15) is 13.2 Å². The van der Waals surface area contributed by atoms with Gasteiger partial charge in [0, 0.05) is 12.6 Å². The SMILES string of the molecule is CC(C)(C)OC(=O)N1C=C(C(F)(F)F)C[C@@H]1CO. The van der Waals surface area contributed by atoms with Crippen LogP contribution in [0.4, 0.5) is 18.0 Å². The normalized spacial score (nSPS) is 20.9. The van der Waals surface area contributed by atoms with Crippen molar-refractivity contribution in [1.82, 2.24) is 4.90 Å². The molecule has 0 aromatic heterocycles. The highest BCUT2D eigenvalue weighted by Crippen LogP contribution is 2.35. The second-order valence-corrected chi connectivity index (χ2v) is 5.08. The van der Waals surface area contributed by atoms with Gasteiger partial charge in [0.25, 0.3) is 0 Å². The second kappa shape index (κ2) is 4.79. The van der Waals surface area contributed by atoms with Crippen LogP contribution in [0.25, 0.3) is 0 Å². The van der Waals surface area contributed by atoms with Crippen molar-refractivity contribution in [2.45, 2.75) is 45.0 Å². The fourth-order valence-electron chi connectivity index (χ4n) is 1.54. The topological polar surface area (TPSA) is 49.8 Å². The van der Waals surface area contributed by atoms with Crippen molar-refractivity contribution in [2.24, 2.45) is 0 Å². The number of hydrogen-bond donors (Lipinski definition) is 1. The number of carbonyl (C=O) groups is 1. The Hall–Kier alpha value is -1.24. The summed E-state index contributed by atoms with van der Waals surface area (Å²) in [6.45, 7) is 4.30. The van der Waals surface area contributed by atoms with Gasteiger partial charge >= 0.3 is 12.3 Å². The molecule has 1 amide bonds. The van der Waals surface area contributed by atoms with Gasteiger partial charge in [0.2, 0.25) is 0 Å². The molecule has 0 fully saturated rings. The average Bonchev–Trinajstić information content (AvgIpc) is 2.57. The molecular formula is C11H16F3NO3. The molecule has 104 valence electrons. The summed E-state index contributed by atoms with van der Waals surface area (Å²) in [5.74, 6) is 0. The standard InChI is InChI=1S/C11H16F3NO3/c1-10(2,3)18-9(17)15-5-7(11(12,13)14)4-8(15)6-16/h5,8,16H,4,6H2,1-3H3/t8-/m1/s1. The average molecular weight is 267 g/mol. The van der Waals surface area contributed by atoms with Crippen LogP contribution in [0, 0.1) is 0 Å². The van der Waals surface area contributed by atoms with Gasteiger partial charge in [0.1, 0.15) is 5.60 Å². The van der Waals surface area contributed by atoms with Crippen LogP contribution in [0.15, 0.2) is 11.8 Å². The number of aliphatic hydroxyl groups is 1. The number of carbonyl (C=O) groups excluding carboxylic acids is 1. The first kappa shape index (κ1) is 14.8. The fraction of sp³-hybridized carbons (Fsp3) is 0.727. The molecule has 0 radical (unpaired) electrons. The van der Waals surface area contributed by atoms with Crippen molar-refractivity contribution in [3.8, 4) is 0 Å². The largest absolute Gasteiger partial charge is 0.443 e. The van der Waals surface area contributed by atoms with E-state index in [9.17, 15) is 18.0 Å². The van der Waals surface area contributed by atoms with Crippen LogP contribution in [-0.2, 0) is 4.74 Å². The van der Waals surface area contributed by atoms with Crippen molar-refractivity contribution in [2.75, 3.05) is 6.61 Å². The number of ether oxygens (including phenoxy) is 1. The number of halogens is 3. The van der Waals surface area contributed by atoms with Gasteiger partial charge in [-0.3, -0.25) is 4.90 Å². The van der Waals surface area contributed by atoms with E-state index >= 15 is 0 Å². The van der Waals surface area contributed by atoms with Crippen LogP contribution in [0.3, 0.4) is 0 Å². The van der Waals surface area contributed by atoms with Crippen LogP contribution >= 0.6 is 0 Å². The molecule has 0 bridgehead atoms. The molecule has 0 saturated heterocycles. The number of nitrogens with zero attached hydrogens (tertiary/aromatic N) is 1. The molecule has 7 heteroatoms. The van der Waals surface area contributed by atoms with Gasteiger partial charge < -0.3 is 9.84 Å². The number of amides is 1. The van der Waals surface area contributed by atoms with Crippen LogP contribution in [0.1, 0.15) is 27.2 Å². The summed E-state index contributed by atoms with van der Waals surface area (Å²) in [6, 6.07) is -0.920. The van der Waals surface area contributed by atoms with E-state index in [1.807, 2.05) is 0 Å². The summed E-state index contributed by atoms with van der Waals surface area (Å²) in [5, 5.41) is 9.02. The molecule has 4 nitrogen and oxygen atoms in total.